The van der Waals surface area contributed by atoms with Crippen LogP contribution in [0.5, 0.6) is 0 Å². The van der Waals surface area contributed by atoms with Gasteiger partial charge in [-0.3, -0.25) is 14.5 Å². The topological polar surface area (TPSA) is 57.6 Å². The number of likely N-dealkylation sites (N-methyl/N-ethyl adjacent to an activating group) is 2. The maximum absolute atomic E-state index is 13.2. The molecule has 31 heavy (non-hydrogen) atoms. The normalized spacial score (nSPS) is 20.3. The van der Waals surface area contributed by atoms with Crippen LogP contribution in [0.25, 0.3) is 6.08 Å². The molecule has 0 unspecified atom stereocenters. The molecule has 3 heterocycles. The molecule has 4 rings (SSSR count). The molecule has 0 spiro atoms. The number of likely N-dealkylation sites (tertiary alicyclic amines) is 1. The molecule has 1 aromatic carbocycles. The van der Waals surface area contributed by atoms with Gasteiger partial charge in [-0.15, -0.1) is 0 Å². The van der Waals surface area contributed by atoms with Crippen molar-refractivity contribution in [2.24, 2.45) is 5.92 Å². The van der Waals surface area contributed by atoms with E-state index >= 15 is 0 Å². The number of benzene rings is 1. The number of rotatable bonds is 7. The molecule has 1 fully saturated rings. The minimum Gasteiger partial charge on any atom is -0.341 e. The van der Waals surface area contributed by atoms with E-state index in [0.29, 0.717) is 32.1 Å². The van der Waals surface area contributed by atoms with Gasteiger partial charge in [0, 0.05) is 49.9 Å². The van der Waals surface area contributed by atoms with E-state index in [-0.39, 0.29) is 17.4 Å². The monoisotopic (exact) mass is 420 g/mol. The highest BCUT2D eigenvalue weighted by Gasteiger charge is 2.36. The number of amides is 1. The zero-order chi connectivity index (χ0) is 21.8. The lowest BCUT2D eigenvalue weighted by atomic mass is 9.83. The van der Waals surface area contributed by atoms with Gasteiger partial charge in [0.25, 0.3) is 5.56 Å². The lowest BCUT2D eigenvalue weighted by Crippen LogP contribution is -2.51. The number of hydrogen-bond donors (Lipinski definition) is 1. The van der Waals surface area contributed by atoms with Crippen molar-refractivity contribution < 1.29 is 4.79 Å². The van der Waals surface area contributed by atoms with Crippen LogP contribution in [0.1, 0.15) is 29.2 Å². The average Bonchev–Trinajstić information content (AvgIpc) is 2.77. The second kappa shape index (κ2) is 9.62. The summed E-state index contributed by atoms with van der Waals surface area (Å²) in [6.45, 7) is 3.94. The SMILES string of the molecule is CNCC(=O)N1C[C@@H]2C[C@H](C1)c1ccc(CN(C)C/C=C/c3ccccc3)c(=O)n1C2. The number of nitrogens with zero attached hydrogens (tertiary/aromatic N) is 3. The molecule has 1 saturated heterocycles. The Morgan fingerprint density at radius 2 is 1.97 bits per heavy atom. The van der Waals surface area contributed by atoms with Gasteiger partial charge >= 0.3 is 0 Å². The first kappa shape index (κ1) is 21.5. The second-order valence-electron chi connectivity index (χ2n) is 8.84. The Bertz CT molecular complexity index is 998. The molecule has 0 saturated carbocycles. The van der Waals surface area contributed by atoms with Crippen LogP contribution in [0.3, 0.4) is 0 Å². The van der Waals surface area contributed by atoms with E-state index < -0.39 is 0 Å². The molecule has 1 N–H and O–H groups in total. The Morgan fingerprint density at radius 1 is 1.16 bits per heavy atom. The highest BCUT2D eigenvalue weighted by Crippen LogP contribution is 2.35. The van der Waals surface area contributed by atoms with Crippen molar-refractivity contribution in [2.45, 2.75) is 25.4 Å². The second-order valence-corrected chi connectivity index (χ2v) is 8.84. The zero-order valence-electron chi connectivity index (χ0n) is 18.5. The summed E-state index contributed by atoms with van der Waals surface area (Å²) in [6.07, 6.45) is 5.30. The molecule has 6 heteroatoms. The van der Waals surface area contributed by atoms with Gasteiger partial charge in [0.05, 0.1) is 6.54 Å². The molecule has 2 atom stereocenters. The van der Waals surface area contributed by atoms with Crippen LogP contribution < -0.4 is 10.9 Å². The fourth-order valence-corrected chi connectivity index (χ4v) is 4.87. The first-order valence-corrected chi connectivity index (χ1v) is 11.1. The highest BCUT2D eigenvalue weighted by atomic mass is 16.2. The number of nitrogens with one attached hydrogen (secondary N) is 1. The molecular formula is C25H32N4O2. The van der Waals surface area contributed by atoms with Crippen molar-refractivity contribution >= 4 is 12.0 Å². The Hall–Kier alpha value is -2.70. The number of piperidine rings is 1. The molecule has 2 aliphatic rings. The van der Waals surface area contributed by atoms with Crippen molar-refractivity contribution in [2.75, 3.05) is 40.3 Å². The van der Waals surface area contributed by atoms with Gasteiger partial charge < -0.3 is 14.8 Å². The van der Waals surface area contributed by atoms with Crippen molar-refractivity contribution in [3.05, 3.63) is 75.7 Å². The zero-order valence-corrected chi connectivity index (χ0v) is 18.5. The van der Waals surface area contributed by atoms with Gasteiger partial charge in [0.2, 0.25) is 5.91 Å². The molecule has 1 aromatic heterocycles. The number of aromatic nitrogens is 1. The Labute approximate surface area is 184 Å². The Kier molecular flexibility index (Phi) is 6.68. The quantitative estimate of drug-likeness (QED) is 0.746. The third kappa shape index (κ3) is 4.97. The Balaban J connectivity index is 1.43. The standard InChI is InChI=1S/C25H32N4O2/c1-26-14-24(30)28-15-20-13-22(18-28)23-11-10-21(25(31)29(23)16-20)17-27(2)12-6-9-19-7-4-3-5-8-19/h3-11,20,22,26H,12-18H2,1-2H3/b9-6+/t20-,22+/m0/s1. The smallest absolute Gasteiger partial charge is 0.255 e. The molecule has 2 aliphatic heterocycles. The number of hydrogen-bond acceptors (Lipinski definition) is 4. The molecule has 0 aliphatic carbocycles. The predicted octanol–water partition coefficient (Wildman–Crippen LogP) is 2.16. The summed E-state index contributed by atoms with van der Waals surface area (Å²) < 4.78 is 1.97. The lowest BCUT2D eigenvalue weighted by molar-refractivity contribution is -0.132. The van der Waals surface area contributed by atoms with Crippen molar-refractivity contribution in [1.29, 1.82) is 0 Å². The van der Waals surface area contributed by atoms with Gasteiger partial charge in [-0.1, -0.05) is 48.6 Å². The first-order valence-electron chi connectivity index (χ1n) is 11.1. The van der Waals surface area contributed by atoms with Crippen LogP contribution in [0.2, 0.25) is 0 Å². The molecule has 6 nitrogen and oxygen atoms in total. The fraction of sp³-hybridized carbons (Fsp3) is 0.440. The molecule has 2 aromatic rings. The molecular weight excluding hydrogens is 388 g/mol. The van der Waals surface area contributed by atoms with E-state index in [2.05, 4.69) is 40.6 Å². The minimum absolute atomic E-state index is 0.126. The first-order chi connectivity index (χ1) is 15.0. The summed E-state index contributed by atoms with van der Waals surface area (Å²) in [6, 6.07) is 14.3. The van der Waals surface area contributed by atoms with Gasteiger partial charge in [0.1, 0.15) is 0 Å². The third-order valence-electron chi connectivity index (χ3n) is 6.33. The summed E-state index contributed by atoms with van der Waals surface area (Å²) in [5.41, 5.74) is 3.22. The summed E-state index contributed by atoms with van der Waals surface area (Å²) in [5, 5.41) is 2.95. The van der Waals surface area contributed by atoms with Gasteiger partial charge in [-0.05, 0) is 38.1 Å². The van der Waals surface area contributed by atoms with Crippen molar-refractivity contribution in [3.63, 3.8) is 0 Å². The highest BCUT2D eigenvalue weighted by molar-refractivity contribution is 5.78. The van der Waals surface area contributed by atoms with Crippen molar-refractivity contribution in [1.82, 2.24) is 19.7 Å². The van der Waals surface area contributed by atoms with Crippen LogP contribution in [-0.4, -0.2) is 60.5 Å². The largest absolute Gasteiger partial charge is 0.341 e. The van der Waals surface area contributed by atoms with Crippen LogP contribution >= 0.6 is 0 Å². The van der Waals surface area contributed by atoms with E-state index in [1.54, 1.807) is 7.05 Å². The minimum atomic E-state index is 0.126. The summed E-state index contributed by atoms with van der Waals surface area (Å²) in [7, 11) is 3.84. The summed E-state index contributed by atoms with van der Waals surface area (Å²) >= 11 is 0. The maximum atomic E-state index is 13.2. The van der Waals surface area contributed by atoms with E-state index in [0.717, 1.165) is 30.8 Å². The number of fused-ring (bicyclic) bond motifs is 4. The predicted molar refractivity (Wildman–Crippen MR) is 124 cm³/mol. The van der Waals surface area contributed by atoms with Crippen molar-refractivity contribution in [3.8, 4) is 0 Å². The third-order valence-corrected chi connectivity index (χ3v) is 6.33. The van der Waals surface area contributed by atoms with E-state index in [4.69, 9.17) is 0 Å². The molecule has 2 bridgehead atoms. The van der Waals surface area contributed by atoms with E-state index in [1.807, 2.05) is 40.8 Å². The van der Waals surface area contributed by atoms with Gasteiger partial charge in [-0.25, -0.2) is 0 Å². The molecule has 1 amide bonds. The van der Waals surface area contributed by atoms with Crippen LogP contribution in [0, 0.1) is 5.92 Å². The van der Waals surface area contributed by atoms with Crippen LogP contribution in [0.4, 0.5) is 0 Å². The maximum Gasteiger partial charge on any atom is 0.255 e. The molecule has 0 radical (unpaired) electrons. The van der Waals surface area contributed by atoms with Crippen LogP contribution in [-0.2, 0) is 17.9 Å². The summed E-state index contributed by atoms with van der Waals surface area (Å²) in [5.74, 6) is 0.753. The van der Waals surface area contributed by atoms with E-state index in [9.17, 15) is 9.59 Å². The fourth-order valence-electron chi connectivity index (χ4n) is 4.87. The Morgan fingerprint density at radius 3 is 2.74 bits per heavy atom. The van der Waals surface area contributed by atoms with Gasteiger partial charge in [0.15, 0.2) is 0 Å². The van der Waals surface area contributed by atoms with Crippen LogP contribution in [0.15, 0.2) is 53.3 Å². The average molecular weight is 421 g/mol. The lowest BCUT2D eigenvalue weighted by Gasteiger charge is -2.43. The number of carbonyl (C=O) groups excluding carboxylic acids is 1. The summed E-state index contributed by atoms with van der Waals surface area (Å²) in [4.78, 5) is 29.7. The van der Waals surface area contributed by atoms with E-state index in [1.165, 1.54) is 5.56 Å². The van der Waals surface area contributed by atoms with Gasteiger partial charge in [-0.2, -0.15) is 0 Å². The number of pyridine rings is 1. The number of carbonyl (C=O) groups is 1. The molecule has 164 valence electrons.